The van der Waals surface area contributed by atoms with E-state index in [1.807, 2.05) is 32.0 Å². The van der Waals surface area contributed by atoms with Gasteiger partial charge in [0.15, 0.2) is 6.10 Å². The zero-order valence-electron chi connectivity index (χ0n) is 19.2. The topological polar surface area (TPSA) is 49.9 Å². The number of ether oxygens (including phenoxy) is 1. The van der Waals surface area contributed by atoms with Crippen molar-refractivity contribution in [2.75, 3.05) is 20.6 Å². The Kier molecular flexibility index (Phi) is 8.04. The van der Waals surface area contributed by atoms with Crippen molar-refractivity contribution in [2.45, 2.75) is 53.2 Å². The van der Waals surface area contributed by atoms with Crippen LogP contribution in [0.2, 0.25) is 0 Å². The van der Waals surface area contributed by atoms with Gasteiger partial charge in [-0.05, 0) is 61.6 Å². The van der Waals surface area contributed by atoms with Crippen LogP contribution in [-0.2, 0) is 11.3 Å². The van der Waals surface area contributed by atoms with Crippen molar-refractivity contribution < 1.29 is 14.3 Å². The number of hydrogen-bond acceptors (Lipinski definition) is 3. The van der Waals surface area contributed by atoms with E-state index in [9.17, 15) is 9.59 Å². The average Bonchev–Trinajstić information content (AvgIpc) is 2.71. The molecule has 0 heterocycles. The number of likely N-dealkylation sites (N-methyl/N-ethyl adjacent to an activating group) is 1. The first kappa shape index (κ1) is 23.5. The van der Waals surface area contributed by atoms with Gasteiger partial charge in [0, 0.05) is 32.7 Å². The minimum absolute atomic E-state index is 0.0360. The van der Waals surface area contributed by atoms with E-state index in [0.717, 1.165) is 22.4 Å². The van der Waals surface area contributed by atoms with E-state index in [2.05, 4.69) is 26.0 Å². The van der Waals surface area contributed by atoms with Crippen LogP contribution in [0, 0.1) is 6.92 Å². The van der Waals surface area contributed by atoms with Crippen LogP contribution >= 0.6 is 0 Å². The molecule has 0 fully saturated rings. The average molecular weight is 411 g/mol. The van der Waals surface area contributed by atoms with Gasteiger partial charge in [-0.3, -0.25) is 9.59 Å². The fourth-order valence-electron chi connectivity index (χ4n) is 3.30. The first-order chi connectivity index (χ1) is 14.1. The largest absolute Gasteiger partial charge is 0.481 e. The molecule has 0 bridgehead atoms. The molecule has 5 heteroatoms. The minimum atomic E-state index is -0.584. The molecule has 0 aliphatic carbocycles. The number of amides is 2. The molecule has 2 aromatic rings. The van der Waals surface area contributed by atoms with Gasteiger partial charge in [-0.2, -0.15) is 0 Å². The maximum absolute atomic E-state index is 13.1. The van der Waals surface area contributed by atoms with Gasteiger partial charge < -0.3 is 14.5 Å². The molecule has 2 rings (SSSR count). The molecular weight excluding hydrogens is 376 g/mol. The van der Waals surface area contributed by atoms with E-state index in [1.165, 1.54) is 0 Å². The van der Waals surface area contributed by atoms with E-state index < -0.39 is 6.10 Å². The zero-order chi connectivity index (χ0) is 22.4. The summed E-state index contributed by atoms with van der Waals surface area (Å²) >= 11 is 0. The summed E-state index contributed by atoms with van der Waals surface area (Å²) in [4.78, 5) is 28.4. The summed E-state index contributed by atoms with van der Waals surface area (Å²) in [6, 6.07) is 13.5. The van der Waals surface area contributed by atoms with Crippen molar-refractivity contribution >= 4 is 11.8 Å². The molecule has 0 aliphatic heterocycles. The Bertz CT molecular complexity index is 872. The van der Waals surface area contributed by atoms with Crippen LogP contribution in [0.5, 0.6) is 5.75 Å². The summed E-state index contributed by atoms with van der Waals surface area (Å²) in [6.07, 6.45) is -0.584. The number of aryl methyl sites for hydroxylation is 1. The lowest BCUT2D eigenvalue weighted by Crippen LogP contribution is -2.40. The smallest absolute Gasteiger partial charge is 0.263 e. The van der Waals surface area contributed by atoms with Gasteiger partial charge in [-0.25, -0.2) is 0 Å². The third-order valence-corrected chi connectivity index (χ3v) is 5.12. The Labute approximate surface area is 180 Å². The quantitative estimate of drug-likeness (QED) is 0.637. The van der Waals surface area contributed by atoms with Crippen LogP contribution in [0.15, 0.2) is 42.5 Å². The van der Waals surface area contributed by atoms with Crippen LogP contribution in [0.1, 0.15) is 60.7 Å². The molecule has 2 aromatic carbocycles. The lowest BCUT2D eigenvalue weighted by molar-refractivity contribution is -0.138. The Morgan fingerprint density at radius 1 is 1.00 bits per heavy atom. The summed E-state index contributed by atoms with van der Waals surface area (Å²) in [7, 11) is 3.46. The van der Waals surface area contributed by atoms with Crippen LogP contribution in [0.25, 0.3) is 0 Å². The molecule has 1 unspecified atom stereocenters. The highest BCUT2D eigenvalue weighted by Gasteiger charge is 2.23. The predicted molar refractivity (Wildman–Crippen MR) is 121 cm³/mol. The van der Waals surface area contributed by atoms with E-state index in [4.69, 9.17) is 4.74 Å². The maximum Gasteiger partial charge on any atom is 0.263 e. The van der Waals surface area contributed by atoms with E-state index in [-0.39, 0.29) is 11.8 Å². The van der Waals surface area contributed by atoms with Crippen molar-refractivity contribution in [3.8, 4) is 5.75 Å². The second kappa shape index (κ2) is 10.3. The third kappa shape index (κ3) is 5.85. The Hall–Kier alpha value is -2.82. The molecule has 0 radical (unpaired) electrons. The molecule has 0 spiro atoms. The predicted octanol–water partition coefficient (Wildman–Crippen LogP) is 4.64. The Morgan fingerprint density at radius 3 is 2.17 bits per heavy atom. The number of benzene rings is 2. The third-order valence-electron chi connectivity index (χ3n) is 5.12. The molecule has 2 amide bonds. The summed E-state index contributed by atoms with van der Waals surface area (Å²) in [6.45, 7) is 11.1. The van der Waals surface area contributed by atoms with Crippen LogP contribution in [-0.4, -0.2) is 48.4 Å². The number of carbonyl (C=O) groups excluding carboxylic acids is 2. The van der Waals surface area contributed by atoms with Crippen molar-refractivity contribution in [2.24, 2.45) is 0 Å². The first-order valence-electron chi connectivity index (χ1n) is 10.5. The molecule has 0 saturated heterocycles. The molecule has 0 aliphatic rings. The van der Waals surface area contributed by atoms with Gasteiger partial charge in [0.2, 0.25) is 0 Å². The highest BCUT2D eigenvalue weighted by atomic mass is 16.5. The van der Waals surface area contributed by atoms with Crippen molar-refractivity contribution in [3.05, 3.63) is 64.7 Å². The SMILES string of the molecule is CCN(Cc1ccc(C(=O)N(C)C)cc1)C(=O)C(C)Oc1cc(C)ccc1C(C)C. The first-order valence-corrected chi connectivity index (χ1v) is 10.5. The number of carbonyl (C=O) groups is 2. The molecule has 0 saturated carbocycles. The van der Waals surface area contributed by atoms with Gasteiger partial charge in [-0.15, -0.1) is 0 Å². The Balaban J connectivity index is 2.11. The van der Waals surface area contributed by atoms with Gasteiger partial charge in [-0.1, -0.05) is 38.1 Å². The molecule has 1 atom stereocenters. The van der Waals surface area contributed by atoms with Gasteiger partial charge in [0.25, 0.3) is 11.8 Å². The van der Waals surface area contributed by atoms with Crippen molar-refractivity contribution in [1.29, 1.82) is 0 Å². The summed E-state index contributed by atoms with van der Waals surface area (Å²) in [5, 5.41) is 0. The van der Waals surface area contributed by atoms with Crippen molar-refractivity contribution in [1.82, 2.24) is 9.80 Å². The normalized spacial score (nSPS) is 11.9. The fraction of sp³-hybridized carbons (Fsp3) is 0.440. The fourth-order valence-corrected chi connectivity index (χ4v) is 3.30. The maximum atomic E-state index is 13.1. The lowest BCUT2D eigenvalue weighted by atomic mass is 10.0. The molecule has 0 N–H and O–H groups in total. The second-order valence-corrected chi connectivity index (χ2v) is 8.20. The number of nitrogens with zero attached hydrogens (tertiary/aromatic N) is 2. The van der Waals surface area contributed by atoms with E-state index in [1.54, 1.807) is 43.0 Å². The van der Waals surface area contributed by atoms with E-state index in [0.29, 0.717) is 24.6 Å². The number of hydrogen-bond donors (Lipinski definition) is 0. The molecule has 0 aromatic heterocycles. The highest BCUT2D eigenvalue weighted by Crippen LogP contribution is 2.28. The van der Waals surface area contributed by atoms with Crippen LogP contribution in [0.4, 0.5) is 0 Å². The molecular formula is C25H34N2O3. The van der Waals surface area contributed by atoms with Gasteiger partial charge >= 0.3 is 0 Å². The summed E-state index contributed by atoms with van der Waals surface area (Å²) < 4.78 is 6.11. The Morgan fingerprint density at radius 2 is 1.63 bits per heavy atom. The second-order valence-electron chi connectivity index (χ2n) is 8.20. The van der Waals surface area contributed by atoms with Crippen LogP contribution in [0.3, 0.4) is 0 Å². The van der Waals surface area contributed by atoms with Gasteiger partial charge in [0.1, 0.15) is 5.75 Å². The summed E-state index contributed by atoms with van der Waals surface area (Å²) in [5.74, 6) is 0.996. The molecule has 5 nitrogen and oxygen atoms in total. The van der Waals surface area contributed by atoms with Crippen LogP contribution < -0.4 is 4.74 Å². The summed E-state index contributed by atoms with van der Waals surface area (Å²) in [5.41, 5.74) is 3.82. The number of rotatable bonds is 8. The van der Waals surface area contributed by atoms with Crippen molar-refractivity contribution in [3.63, 3.8) is 0 Å². The minimum Gasteiger partial charge on any atom is -0.481 e. The lowest BCUT2D eigenvalue weighted by Gasteiger charge is -2.26. The standard InChI is InChI=1S/C25H34N2O3/c1-8-27(16-20-10-12-21(13-11-20)25(29)26(6)7)24(28)19(5)30-23-15-18(4)9-14-22(23)17(2)3/h9-15,17,19H,8,16H2,1-7H3. The molecule has 162 valence electrons. The zero-order valence-corrected chi connectivity index (χ0v) is 19.2. The monoisotopic (exact) mass is 410 g/mol. The highest BCUT2D eigenvalue weighted by molar-refractivity contribution is 5.93. The molecule has 30 heavy (non-hydrogen) atoms. The van der Waals surface area contributed by atoms with Gasteiger partial charge in [0.05, 0.1) is 0 Å². The van der Waals surface area contributed by atoms with E-state index >= 15 is 0 Å².